The van der Waals surface area contributed by atoms with E-state index in [0.717, 1.165) is 16.8 Å². The van der Waals surface area contributed by atoms with Gasteiger partial charge in [-0.2, -0.15) is 0 Å². The zero-order valence-electron chi connectivity index (χ0n) is 12.7. The van der Waals surface area contributed by atoms with E-state index in [-0.39, 0.29) is 13.2 Å². The Morgan fingerprint density at radius 2 is 1.64 bits per heavy atom. The second-order valence-corrected chi connectivity index (χ2v) is 5.81. The van der Waals surface area contributed by atoms with Gasteiger partial charge in [-0.05, 0) is 42.2 Å². The van der Waals surface area contributed by atoms with Gasteiger partial charge in [0, 0.05) is 34.9 Å². The normalized spacial score (nSPS) is 10.7. The monoisotopic (exact) mass is 318 g/mol. The summed E-state index contributed by atoms with van der Waals surface area (Å²) in [6, 6.07) is 14.1. The standard InChI is InChI=1S/C17H22N2O2S/c1-22-15-5-2-13(3-6-15)16-12-14(4-7-17(16)18)19(8-10-20)9-11-21/h2-7,12,20-21H,8-11,18H2,1H3. The van der Waals surface area contributed by atoms with Crippen LogP contribution in [0.15, 0.2) is 47.4 Å². The molecule has 0 atom stereocenters. The van der Waals surface area contributed by atoms with Gasteiger partial charge >= 0.3 is 0 Å². The third-order valence-corrected chi connectivity index (χ3v) is 4.29. The number of nitrogen functional groups attached to an aromatic ring is 1. The Kier molecular flexibility index (Phi) is 6.12. The maximum Gasteiger partial charge on any atom is 0.0606 e. The van der Waals surface area contributed by atoms with Gasteiger partial charge in [-0.1, -0.05) is 12.1 Å². The van der Waals surface area contributed by atoms with Crippen molar-refractivity contribution in [2.75, 3.05) is 43.2 Å². The van der Waals surface area contributed by atoms with Crippen molar-refractivity contribution in [3.05, 3.63) is 42.5 Å². The molecule has 4 N–H and O–H groups in total. The lowest BCUT2D eigenvalue weighted by atomic mass is 10.0. The Balaban J connectivity index is 2.36. The van der Waals surface area contributed by atoms with E-state index >= 15 is 0 Å². The summed E-state index contributed by atoms with van der Waals surface area (Å²) in [5.41, 5.74) is 9.80. The third kappa shape index (κ3) is 3.94. The van der Waals surface area contributed by atoms with Crippen LogP contribution in [-0.2, 0) is 0 Å². The van der Waals surface area contributed by atoms with Crippen LogP contribution in [0.1, 0.15) is 0 Å². The van der Waals surface area contributed by atoms with Gasteiger partial charge in [0.05, 0.1) is 13.2 Å². The highest BCUT2D eigenvalue weighted by atomic mass is 32.2. The van der Waals surface area contributed by atoms with Gasteiger partial charge in [-0.25, -0.2) is 0 Å². The lowest BCUT2D eigenvalue weighted by Crippen LogP contribution is -2.29. The lowest BCUT2D eigenvalue weighted by Gasteiger charge is -2.24. The Hall–Kier alpha value is -1.69. The molecule has 0 amide bonds. The fourth-order valence-corrected chi connectivity index (χ4v) is 2.78. The second kappa shape index (κ2) is 8.08. The number of hydrogen-bond donors (Lipinski definition) is 3. The molecule has 2 rings (SSSR count). The van der Waals surface area contributed by atoms with Crippen LogP contribution in [0, 0.1) is 0 Å². The molecule has 0 aliphatic rings. The summed E-state index contributed by atoms with van der Waals surface area (Å²) in [4.78, 5) is 3.15. The molecule has 0 aromatic heterocycles. The largest absolute Gasteiger partial charge is 0.398 e. The topological polar surface area (TPSA) is 69.7 Å². The first-order valence-corrected chi connectivity index (χ1v) is 8.42. The zero-order valence-corrected chi connectivity index (χ0v) is 13.5. The van der Waals surface area contributed by atoms with E-state index in [1.54, 1.807) is 11.8 Å². The highest BCUT2D eigenvalue weighted by Crippen LogP contribution is 2.31. The van der Waals surface area contributed by atoms with Crippen LogP contribution in [0.3, 0.4) is 0 Å². The number of nitrogens with zero attached hydrogens (tertiary/aromatic N) is 1. The Morgan fingerprint density at radius 1 is 1.00 bits per heavy atom. The van der Waals surface area contributed by atoms with Crippen molar-refractivity contribution in [3.8, 4) is 11.1 Å². The van der Waals surface area contributed by atoms with Gasteiger partial charge in [0.2, 0.25) is 0 Å². The van der Waals surface area contributed by atoms with E-state index in [1.165, 1.54) is 4.90 Å². The van der Waals surface area contributed by atoms with Crippen LogP contribution >= 0.6 is 11.8 Å². The summed E-state index contributed by atoms with van der Waals surface area (Å²) in [6.45, 7) is 1.05. The maximum absolute atomic E-state index is 9.17. The molecule has 0 saturated heterocycles. The van der Waals surface area contributed by atoms with Crippen LogP contribution in [0.4, 0.5) is 11.4 Å². The summed E-state index contributed by atoms with van der Waals surface area (Å²) < 4.78 is 0. The van der Waals surface area contributed by atoms with Crippen LogP contribution in [0.5, 0.6) is 0 Å². The molecule has 5 heteroatoms. The molecular formula is C17H22N2O2S. The molecule has 0 heterocycles. The molecule has 22 heavy (non-hydrogen) atoms. The third-order valence-electron chi connectivity index (χ3n) is 3.54. The second-order valence-electron chi connectivity index (χ2n) is 4.93. The van der Waals surface area contributed by atoms with Gasteiger partial charge in [0.25, 0.3) is 0 Å². The van der Waals surface area contributed by atoms with Gasteiger partial charge in [-0.15, -0.1) is 11.8 Å². The maximum atomic E-state index is 9.17. The average Bonchev–Trinajstić information content (AvgIpc) is 2.55. The molecule has 0 radical (unpaired) electrons. The van der Waals surface area contributed by atoms with Crippen molar-refractivity contribution in [2.24, 2.45) is 0 Å². The molecule has 0 aliphatic heterocycles. The van der Waals surface area contributed by atoms with Crippen LogP contribution < -0.4 is 10.6 Å². The summed E-state index contributed by atoms with van der Waals surface area (Å²) in [6.07, 6.45) is 2.05. The minimum Gasteiger partial charge on any atom is -0.398 e. The van der Waals surface area contributed by atoms with Crippen molar-refractivity contribution >= 4 is 23.1 Å². The fourth-order valence-electron chi connectivity index (χ4n) is 2.37. The molecule has 2 aromatic rings. The van der Waals surface area contributed by atoms with Crippen LogP contribution in [0.25, 0.3) is 11.1 Å². The number of aliphatic hydroxyl groups is 2. The quantitative estimate of drug-likeness (QED) is 0.540. The van der Waals surface area contributed by atoms with Crippen LogP contribution in [0.2, 0.25) is 0 Å². The van der Waals surface area contributed by atoms with Crippen molar-refractivity contribution in [1.82, 2.24) is 0 Å². The molecule has 0 spiro atoms. The predicted molar refractivity (Wildman–Crippen MR) is 94.5 cm³/mol. The molecule has 0 saturated carbocycles. The summed E-state index contributed by atoms with van der Waals surface area (Å²) in [5, 5.41) is 18.3. The van der Waals surface area contributed by atoms with Crippen molar-refractivity contribution in [3.63, 3.8) is 0 Å². The van der Waals surface area contributed by atoms with E-state index in [0.29, 0.717) is 18.8 Å². The predicted octanol–water partition coefficient (Wildman–Crippen LogP) is 2.45. The lowest BCUT2D eigenvalue weighted by molar-refractivity contribution is 0.281. The molecular weight excluding hydrogens is 296 g/mol. The van der Waals surface area contributed by atoms with E-state index in [9.17, 15) is 10.2 Å². The van der Waals surface area contributed by atoms with Crippen molar-refractivity contribution in [2.45, 2.75) is 4.90 Å². The minimum absolute atomic E-state index is 0.0438. The number of hydrogen-bond acceptors (Lipinski definition) is 5. The van der Waals surface area contributed by atoms with Gasteiger partial charge in [-0.3, -0.25) is 0 Å². The van der Waals surface area contributed by atoms with E-state index < -0.39 is 0 Å². The van der Waals surface area contributed by atoms with Gasteiger partial charge in [0.1, 0.15) is 0 Å². The molecule has 4 nitrogen and oxygen atoms in total. The van der Waals surface area contributed by atoms with Crippen molar-refractivity contribution < 1.29 is 10.2 Å². The zero-order chi connectivity index (χ0) is 15.9. The minimum atomic E-state index is 0.0438. The number of nitrogens with two attached hydrogens (primary N) is 1. The molecule has 0 bridgehead atoms. The number of benzene rings is 2. The fraction of sp³-hybridized carbons (Fsp3) is 0.294. The highest BCUT2D eigenvalue weighted by Gasteiger charge is 2.09. The molecule has 2 aromatic carbocycles. The van der Waals surface area contributed by atoms with Gasteiger partial charge in [0.15, 0.2) is 0 Å². The Bertz CT molecular complexity index is 596. The smallest absolute Gasteiger partial charge is 0.0606 e. The SMILES string of the molecule is CSc1ccc(-c2cc(N(CCO)CCO)ccc2N)cc1. The van der Waals surface area contributed by atoms with E-state index in [2.05, 4.69) is 24.3 Å². The number of thioether (sulfide) groups is 1. The Morgan fingerprint density at radius 3 is 2.18 bits per heavy atom. The summed E-state index contributed by atoms with van der Waals surface area (Å²) in [7, 11) is 0. The first-order chi connectivity index (χ1) is 10.7. The highest BCUT2D eigenvalue weighted by molar-refractivity contribution is 7.98. The molecule has 118 valence electrons. The average molecular weight is 318 g/mol. The molecule has 0 fully saturated rings. The van der Waals surface area contributed by atoms with Crippen molar-refractivity contribution in [1.29, 1.82) is 0 Å². The van der Waals surface area contributed by atoms with E-state index in [4.69, 9.17) is 5.73 Å². The van der Waals surface area contributed by atoms with Crippen LogP contribution in [-0.4, -0.2) is 42.8 Å². The summed E-state index contributed by atoms with van der Waals surface area (Å²) >= 11 is 1.70. The molecule has 0 unspecified atom stereocenters. The van der Waals surface area contributed by atoms with Gasteiger partial charge < -0.3 is 20.8 Å². The number of aliphatic hydroxyl groups excluding tert-OH is 2. The molecule has 0 aliphatic carbocycles. The number of rotatable bonds is 7. The first-order valence-electron chi connectivity index (χ1n) is 7.20. The van der Waals surface area contributed by atoms with E-state index in [1.807, 2.05) is 29.4 Å². The Labute approximate surface area is 135 Å². The first kappa shape index (κ1) is 16.7. The summed E-state index contributed by atoms with van der Waals surface area (Å²) in [5.74, 6) is 0. The number of anilines is 2.